The lowest BCUT2D eigenvalue weighted by atomic mass is 10.1. The van der Waals surface area contributed by atoms with Crippen molar-refractivity contribution in [3.05, 3.63) is 70.5 Å². The third kappa shape index (κ3) is 2.48. The van der Waals surface area contributed by atoms with Crippen LogP contribution in [-0.2, 0) is 0 Å². The van der Waals surface area contributed by atoms with Crippen LogP contribution in [0, 0.1) is 6.92 Å². The molecule has 0 saturated heterocycles. The number of aryl methyl sites for hydroxylation is 1. The molecule has 3 aromatic rings. The van der Waals surface area contributed by atoms with Crippen LogP contribution in [0.25, 0.3) is 16.9 Å². The van der Waals surface area contributed by atoms with Crippen molar-refractivity contribution in [2.45, 2.75) is 6.92 Å². The molecule has 1 N–H and O–H groups in total. The Morgan fingerprint density at radius 2 is 1.76 bits per heavy atom. The quantitative estimate of drug-likeness (QED) is 0.801. The van der Waals surface area contributed by atoms with Crippen LogP contribution in [0.4, 0.5) is 0 Å². The molecule has 0 aliphatic heterocycles. The fraction of sp³-hybridized carbons (Fsp3) is 0.118. The van der Waals surface area contributed by atoms with Crippen LogP contribution in [0.15, 0.2) is 59.4 Å². The van der Waals surface area contributed by atoms with Crippen molar-refractivity contribution in [1.29, 1.82) is 0 Å². The first-order chi connectivity index (χ1) is 10.2. The maximum atomic E-state index is 12.2. The first-order valence-electron chi connectivity index (χ1n) is 6.71. The summed E-state index contributed by atoms with van der Waals surface area (Å²) in [5.74, 6) is 0.791. The van der Waals surface area contributed by atoms with E-state index in [0.29, 0.717) is 0 Å². The molecule has 21 heavy (non-hydrogen) atoms. The number of aromatic nitrogens is 2. The summed E-state index contributed by atoms with van der Waals surface area (Å²) in [5.41, 5.74) is 3.56. The van der Waals surface area contributed by atoms with Crippen LogP contribution in [0.3, 0.4) is 0 Å². The Kier molecular flexibility index (Phi) is 3.36. The Hall–Kier alpha value is -2.75. The number of nitrogens with one attached hydrogen (secondary N) is 1. The van der Waals surface area contributed by atoms with Gasteiger partial charge in [-0.15, -0.1) is 0 Å². The number of benzene rings is 2. The van der Waals surface area contributed by atoms with E-state index < -0.39 is 0 Å². The van der Waals surface area contributed by atoms with E-state index in [0.717, 1.165) is 28.3 Å². The number of H-pyrrole nitrogens is 1. The van der Waals surface area contributed by atoms with Crippen LogP contribution in [0.1, 0.15) is 5.56 Å². The fourth-order valence-electron chi connectivity index (χ4n) is 2.31. The van der Waals surface area contributed by atoms with Gasteiger partial charge in [-0.3, -0.25) is 9.89 Å². The Morgan fingerprint density at radius 3 is 2.43 bits per heavy atom. The molecule has 3 rings (SSSR count). The molecule has 0 unspecified atom stereocenters. The molecular weight excluding hydrogens is 264 g/mol. The largest absolute Gasteiger partial charge is 0.497 e. The highest BCUT2D eigenvalue weighted by Crippen LogP contribution is 2.20. The second kappa shape index (κ2) is 5.32. The van der Waals surface area contributed by atoms with Gasteiger partial charge in [0, 0.05) is 6.07 Å². The van der Waals surface area contributed by atoms with Gasteiger partial charge in [0.05, 0.1) is 18.5 Å². The lowest BCUT2D eigenvalue weighted by Crippen LogP contribution is -2.14. The predicted octanol–water partition coefficient (Wildman–Crippen LogP) is 3.15. The molecule has 0 atom stereocenters. The zero-order chi connectivity index (χ0) is 14.8. The summed E-state index contributed by atoms with van der Waals surface area (Å²) in [7, 11) is 1.63. The minimum atomic E-state index is -0.0740. The van der Waals surface area contributed by atoms with Crippen molar-refractivity contribution in [1.82, 2.24) is 9.78 Å². The smallest absolute Gasteiger partial charge is 0.271 e. The number of hydrogen-bond acceptors (Lipinski definition) is 2. The predicted molar refractivity (Wildman–Crippen MR) is 83.1 cm³/mol. The van der Waals surface area contributed by atoms with Crippen molar-refractivity contribution < 1.29 is 4.74 Å². The average molecular weight is 280 g/mol. The Balaban J connectivity index is 2.05. The van der Waals surface area contributed by atoms with Gasteiger partial charge in [0.1, 0.15) is 5.75 Å². The third-order valence-electron chi connectivity index (χ3n) is 3.48. The van der Waals surface area contributed by atoms with E-state index in [1.807, 2.05) is 55.5 Å². The normalized spacial score (nSPS) is 10.6. The summed E-state index contributed by atoms with van der Waals surface area (Å²) < 4.78 is 6.71. The molecule has 4 nitrogen and oxygen atoms in total. The molecule has 0 aliphatic rings. The molecule has 0 amide bonds. The SMILES string of the molecule is COc1ccc(-c2cc(=O)n(-c3ccccc3C)[nH]2)cc1. The molecule has 0 saturated carbocycles. The number of ether oxygens (including phenoxy) is 1. The summed E-state index contributed by atoms with van der Waals surface area (Å²) in [6, 6.07) is 17.0. The average Bonchev–Trinajstić information content (AvgIpc) is 2.90. The lowest BCUT2D eigenvalue weighted by Gasteiger charge is -2.06. The van der Waals surface area contributed by atoms with E-state index in [1.54, 1.807) is 17.9 Å². The van der Waals surface area contributed by atoms with E-state index in [9.17, 15) is 4.79 Å². The monoisotopic (exact) mass is 280 g/mol. The summed E-state index contributed by atoms with van der Waals surface area (Å²) in [6.45, 7) is 1.98. The number of para-hydroxylation sites is 1. The van der Waals surface area contributed by atoms with Crippen LogP contribution in [0.2, 0.25) is 0 Å². The van der Waals surface area contributed by atoms with Crippen LogP contribution < -0.4 is 10.3 Å². The van der Waals surface area contributed by atoms with Gasteiger partial charge in [-0.25, -0.2) is 4.68 Å². The highest BCUT2D eigenvalue weighted by molar-refractivity contribution is 5.60. The van der Waals surface area contributed by atoms with E-state index in [1.165, 1.54) is 0 Å². The molecule has 106 valence electrons. The highest BCUT2D eigenvalue weighted by atomic mass is 16.5. The number of rotatable bonds is 3. The Bertz CT molecular complexity index is 813. The summed E-state index contributed by atoms with van der Waals surface area (Å²) in [5, 5.41) is 3.16. The minimum absolute atomic E-state index is 0.0740. The molecule has 1 heterocycles. The molecule has 1 aromatic heterocycles. The van der Waals surface area contributed by atoms with Crippen molar-refractivity contribution in [3.63, 3.8) is 0 Å². The van der Waals surface area contributed by atoms with E-state index >= 15 is 0 Å². The maximum Gasteiger partial charge on any atom is 0.271 e. The fourth-order valence-corrected chi connectivity index (χ4v) is 2.31. The minimum Gasteiger partial charge on any atom is -0.497 e. The third-order valence-corrected chi connectivity index (χ3v) is 3.48. The van der Waals surface area contributed by atoms with Crippen molar-refractivity contribution in [2.75, 3.05) is 7.11 Å². The molecule has 0 radical (unpaired) electrons. The van der Waals surface area contributed by atoms with Crippen molar-refractivity contribution >= 4 is 0 Å². The molecule has 0 bridgehead atoms. The maximum absolute atomic E-state index is 12.2. The van der Waals surface area contributed by atoms with Gasteiger partial charge in [0.25, 0.3) is 5.56 Å². The van der Waals surface area contributed by atoms with Gasteiger partial charge in [0.2, 0.25) is 0 Å². The zero-order valence-corrected chi connectivity index (χ0v) is 12.0. The molecule has 0 fully saturated rings. The van der Waals surface area contributed by atoms with Crippen LogP contribution in [0.5, 0.6) is 5.75 Å². The molecule has 4 heteroatoms. The van der Waals surface area contributed by atoms with E-state index in [4.69, 9.17) is 4.74 Å². The Labute approximate surface area is 122 Å². The van der Waals surface area contributed by atoms with Gasteiger partial charge in [0.15, 0.2) is 0 Å². The summed E-state index contributed by atoms with van der Waals surface area (Å²) in [4.78, 5) is 12.2. The van der Waals surface area contributed by atoms with Gasteiger partial charge in [-0.2, -0.15) is 0 Å². The first kappa shape index (κ1) is 13.2. The standard InChI is InChI=1S/C17H16N2O2/c1-12-5-3-4-6-16(12)19-17(20)11-15(18-19)13-7-9-14(21-2)10-8-13/h3-11,18H,1-2H3. The van der Waals surface area contributed by atoms with E-state index in [2.05, 4.69) is 5.10 Å². The van der Waals surface area contributed by atoms with Gasteiger partial charge >= 0.3 is 0 Å². The molecular formula is C17H16N2O2. The van der Waals surface area contributed by atoms with Gasteiger partial charge < -0.3 is 4.74 Å². The number of methoxy groups -OCH3 is 1. The zero-order valence-electron chi connectivity index (χ0n) is 12.0. The molecule has 2 aromatic carbocycles. The highest BCUT2D eigenvalue weighted by Gasteiger charge is 2.08. The van der Waals surface area contributed by atoms with Gasteiger partial charge in [-0.1, -0.05) is 18.2 Å². The van der Waals surface area contributed by atoms with Crippen molar-refractivity contribution in [3.8, 4) is 22.7 Å². The number of nitrogens with zero attached hydrogens (tertiary/aromatic N) is 1. The summed E-state index contributed by atoms with van der Waals surface area (Å²) in [6.07, 6.45) is 0. The Morgan fingerprint density at radius 1 is 1.05 bits per heavy atom. The number of aromatic amines is 1. The van der Waals surface area contributed by atoms with Gasteiger partial charge in [-0.05, 0) is 48.4 Å². The second-order valence-electron chi connectivity index (χ2n) is 4.86. The first-order valence-corrected chi connectivity index (χ1v) is 6.71. The molecule has 0 spiro atoms. The second-order valence-corrected chi connectivity index (χ2v) is 4.86. The van der Waals surface area contributed by atoms with Crippen molar-refractivity contribution in [2.24, 2.45) is 0 Å². The van der Waals surface area contributed by atoms with Crippen LogP contribution in [-0.4, -0.2) is 16.9 Å². The van der Waals surface area contributed by atoms with E-state index in [-0.39, 0.29) is 5.56 Å². The summed E-state index contributed by atoms with van der Waals surface area (Å²) >= 11 is 0. The topological polar surface area (TPSA) is 47.0 Å². The van der Waals surface area contributed by atoms with Crippen LogP contribution >= 0.6 is 0 Å². The number of hydrogen-bond donors (Lipinski definition) is 1. The lowest BCUT2D eigenvalue weighted by molar-refractivity contribution is 0.415. The molecule has 0 aliphatic carbocycles.